The zero-order valence-electron chi connectivity index (χ0n) is 24.8. The molecule has 3 amide bonds. The van der Waals surface area contributed by atoms with E-state index in [0.29, 0.717) is 18.7 Å². The van der Waals surface area contributed by atoms with Crippen LogP contribution in [0.4, 0.5) is 13.2 Å². The van der Waals surface area contributed by atoms with Gasteiger partial charge in [0.1, 0.15) is 0 Å². The molecule has 4 atom stereocenters. The van der Waals surface area contributed by atoms with Crippen LogP contribution in [0.2, 0.25) is 0 Å². The maximum absolute atomic E-state index is 13.3. The summed E-state index contributed by atoms with van der Waals surface area (Å²) in [7, 11) is 3.07. The van der Waals surface area contributed by atoms with Crippen molar-refractivity contribution in [3.8, 4) is 0 Å². The lowest BCUT2D eigenvalue weighted by molar-refractivity contribution is -0.140. The third kappa shape index (κ3) is 8.80. The van der Waals surface area contributed by atoms with Crippen LogP contribution in [-0.2, 0) is 20.5 Å². The Morgan fingerprint density at radius 2 is 1.79 bits per heavy atom. The summed E-state index contributed by atoms with van der Waals surface area (Å²) in [6.07, 6.45) is -0.419. The largest absolute Gasteiger partial charge is 0.416 e. The lowest BCUT2D eigenvalue weighted by Gasteiger charge is -2.39. The van der Waals surface area contributed by atoms with Crippen molar-refractivity contribution in [1.82, 2.24) is 15.5 Å². The number of nitrogens with zero attached hydrogens (tertiary/aromatic N) is 1. The maximum atomic E-state index is 13.3. The Bertz CT molecular complexity index is 1200. The number of nitrogens with one attached hydrogen (secondary N) is 2. The molecule has 3 rings (SSSR count). The average molecular weight is 590 g/mol. The molecule has 0 saturated carbocycles. The Morgan fingerprint density at radius 3 is 2.38 bits per heavy atom. The van der Waals surface area contributed by atoms with Crippen molar-refractivity contribution in [3.63, 3.8) is 0 Å². The quantitative estimate of drug-likeness (QED) is 0.325. The number of hydrogen-bond acceptors (Lipinski definition) is 4. The number of benzene rings is 2. The van der Waals surface area contributed by atoms with Gasteiger partial charge in [-0.2, -0.15) is 13.2 Å². The first-order valence-electron chi connectivity index (χ1n) is 14.6. The molecule has 0 bridgehead atoms. The van der Waals surface area contributed by atoms with Crippen LogP contribution in [0.1, 0.15) is 91.4 Å². The maximum Gasteiger partial charge on any atom is 0.416 e. The summed E-state index contributed by atoms with van der Waals surface area (Å²) in [5, 5.41) is 5.18. The number of carbonyl (C=O) groups is 3. The molecule has 7 nitrogen and oxygen atoms in total. The lowest BCUT2D eigenvalue weighted by Crippen LogP contribution is -2.48. The Balaban J connectivity index is 1.76. The average Bonchev–Trinajstić information content (AvgIpc) is 3.00. The lowest BCUT2D eigenvalue weighted by atomic mass is 9.87. The van der Waals surface area contributed by atoms with E-state index in [2.05, 4.69) is 17.6 Å². The summed E-state index contributed by atoms with van der Waals surface area (Å²) in [4.78, 5) is 40.5. The van der Waals surface area contributed by atoms with Gasteiger partial charge in [0.05, 0.1) is 24.1 Å². The van der Waals surface area contributed by atoms with Crippen molar-refractivity contribution in [3.05, 3.63) is 70.8 Å². The fourth-order valence-corrected chi connectivity index (χ4v) is 5.48. The number of halogens is 3. The molecule has 4 unspecified atom stereocenters. The van der Waals surface area contributed by atoms with Crippen LogP contribution >= 0.6 is 0 Å². The Morgan fingerprint density at radius 1 is 1.07 bits per heavy atom. The summed E-state index contributed by atoms with van der Waals surface area (Å²) in [5.74, 6) is -0.751. The molecular formula is C32H42F3N3O4. The molecule has 2 N–H and O–H groups in total. The van der Waals surface area contributed by atoms with Gasteiger partial charge < -0.3 is 20.3 Å². The number of hydrogen-bond donors (Lipinski definition) is 2. The number of likely N-dealkylation sites (tertiary alicyclic amines) is 1. The number of rotatable bonds is 12. The van der Waals surface area contributed by atoms with Crippen LogP contribution in [0.25, 0.3) is 0 Å². The molecule has 0 spiro atoms. The molecule has 1 aliphatic heterocycles. The highest BCUT2D eigenvalue weighted by molar-refractivity contribution is 5.95. The molecule has 0 aliphatic carbocycles. The van der Waals surface area contributed by atoms with E-state index in [1.807, 2.05) is 24.0 Å². The van der Waals surface area contributed by atoms with Crippen LogP contribution in [0.15, 0.2) is 48.5 Å². The fraction of sp³-hybridized carbons (Fsp3) is 0.531. The summed E-state index contributed by atoms with van der Waals surface area (Å²) in [6, 6.07) is 10.7. The summed E-state index contributed by atoms with van der Waals surface area (Å²) in [5.41, 5.74) is 0.601. The van der Waals surface area contributed by atoms with Gasteiger partial charge in [-0.1, -0.05) is 51.0 Å². The summed E-state index contributed by atoms with van der Waals surface area (Å²) >= 11 is 0. The number of piperidine rings is 1. The van der Waals surface area contributed by atoms with E-state index in [4.69, 9.17) is 4.74 Å². The van der Waals surface area contributed by atoms with Crippen molar-refractivity contribution >= 4 is 17.7 Å². The van der Waals surface area contributed by atoms with E-state index in [1.54, 1.807) is 19.2 Å². The minimum Gasteiger partial charge on any atom is -0.380 e. The van der Waals surface area contributed by atoms with E-state index < -0.39 is 29.6 Å². The molecule has 0 aromatic heterocycles. The Kier molecular flexibility index (Phi) is 12.0. The topological polar surface area (TPSA) is 87.7 Å². The molecule has 1 saturated heterocycles. The van der Waals surface area contributed by atoms with Gasteiger partial charge in [-0.15, -0.1) is 0 Å². The molecule has 2 aromatic rings. The zero-order chi connectivity index (χ0) is 30.9. The molecule has 230 valence electrons. The molecule has 10 heteroatoms. The molecular weight excluding hydrogens is 547 g/mol. The highest BCUT2D eigenvalue weighted by atomic mass is 19.4. The van der Waals surface area contributed by atoms with Gasteiger partial charge in [0.15, 0.2) is 0 Å². The van der Waals surface area contributed by atoms with Gasteiger partial charge in [0.2, 0.25) is 11.8 Å². The van der Waals surface area contributed by atoms with E-state index in [0.717, 1.165) is 49.8 Å². The monoisotopic (exact) mass is 589 g/mol. The van der Waals surface area contributed by atoms with E-state index >= 15 is 0 Å². The van der Waals surface area contributed by atoms with Crippen LogP contribution in [0, 0.1) is 5.92 Å². The predicted octanol–water partition coefficient (Wildman–Crippen LogP) is 5.86. The van der Waals surface area contributed by atoms with Crippen molar-refractivity contribution < 1.29 is 32.3 Å². The van der Waals surface area contributed by atoms with E-state index in [9.17, 15) is 27.6 Å². The minimum atomic E-state index is -4.55. The van der Waals surface area contributed by atoms with Crippen molar-refractivity contribution in [1.29, 1.82) is 0 Å². The molecule has 1 fully saturated rings. The van der Waals surface area contributed by atoms with Gasteiger partial charge in [0, 0.05) is 44.6 Å². The van der Waals surface area contributed by atoms with Crippen LogP contribution < -0.4 is 10.6 Å². The third-order valence-corrected chi connectivity index (χ3v) is 8.04. The first-order valence-corrected chi connectivity index (χ1v) is 14.6. The highest BCUT2D eigenvalue weighted by Crippen LogP contribution is 2.32. The van der Waals surface area contributed by atoms with Gasteiger partial charge in [-0.25, -0.2) is 0 Å². The van der Waals surface area contributed by atoms with Crippen molar-refractivity contribution in [2.24, 2.45) is 5.92 Å². The zero-order valence-corrected chi connectivity index (χ0v) is 24.8. The first kappa shape index (κ1) is 33.1. The van der Waals surface area contributed by atoms with Crippen LogP contribution in [0.3, 0.4) is 0 Å². The number of amides is 3. The molecule has 42 heavy (non-hydrogen) atoms. The van der Waals surface area contributed by atoms with Crippen molar-refractivity contribution in [2.75, 3.05) is 27.2 Å². The molecule has 0 radical (unpaired) electrons. The Labute approximate surface area is 246 Å². The van der Waals surface area contributed by atoms with E-state index in [-0.39, 0.29) is 35.8 Å². The summed E-state index contributed by atoms with van der Waals surface area (Å²) in [6.45, 7) is 5.28. The van der Waals surface area contributed by atoms with Gasteiger partial charge >= 0.3 is 6.18 Å². The normalized spacial score (nSPS) is 18.7. The molecule has 1 aliphatic rings. The van der Waals surface area contributed by atoms with Crippen LogP contribution in [0.5, 0.6) is 0 Å². The van der Waals surface area contributed by atoms with Gasteiger partial charge in [0.25, 0.3) is 5.91 Å². The standard InChI is InChI=1S/C32H42F3N3O4/c1-5-7-9-21(6-2)31(41)38-19-25(17-27(20-38)42-4)22-12-14-23(15-13-22)30(40)37-28(18-29(39)36-3)24-10-8-11-26(16-24)32(33,34)35/h8,10-16,21,25,27-28H,5-7,9,17-20H2,1-4H3,(H,36,39)(H,37,40). The number of alkyl halides is 3. The molecule has 2 aromatic carbocycles. The smallest absolute Gasteiger partial charge is 0.380 e. The first-order chi connectivity index (χ1) is 20.0. The fourth-order valence-electron chi connectivity index (χ4n) is 5.48. The second-order valence-corrected chi connectivity index (χ2v) is 10.9. The second kappa shape index (κ2) is 15.2. The Hall–Kier alpha value is -3.40. The molecule has 1 heterocycles. The number of ether oxygens (including phenoxy) is 1. The number of carbonyl (C=O) groups excluding carboxylic acids is 3. The summed E-state index contributed by atoms with van der Waals surface area (Å²) < 4.78 is 45.6. The van der Waals surface area contributed by atoms with Gasteiger partial charge in [-0.05, 0) is 54.7 Å². The minimum absolute atomic E-state index is 0.00756. The number of methoxy groups -OCH3 is 1. The highest BCUT2D eigenvalue weighted by Gasteiger charge is 2.34. The second-order valence-electron chi connectivity index (χ2n) is 10.9. The van der Waals surface area contributed by atoms with E-state index in [1.165, 1.54) is 19.2 Å². The van der Waals surface area contributed by atoms with Crippen LogP contribution in [-0.4, -0.2) is 56.0 Å². The SMILES string of the molecule is CCCCC(CC)C(=O)N1CC(OC)CC(c2ccc(C(=O)NC(CC(=O)NC)c3cccc(C(F)(F)F)c3)cc2)C1. The number of unbranched alkanes of at least 4 members (excludes halogenated alkanes) is 1. The van der Waals surface area contributed by atoms with Gasteiger partial charge in [-0.3, -0.25) is 14.4 Å². The third-order valence-electron chi connectivity index (χ3n) is 8.04. The predicted molar refractivity (Wildman–Crippen MR) is 155 cm³/mol. The van der Waals surface area contributed by atoms with Crippen molar-refractivity contribution in [2.45, 2.75) is 76.6 Å².